The molecule has 4 aromatic rings. The molecule has 1 aliphatic rings. The number of carbonyl (C=O) groups is 2. The van der Waals surface area contributed by atoms with Crippen molar-refractivity contribution >= 4 is 56.2 Å². The molecule has 1 unspecified atom stereocenters. The Morgan fingerprint density at radius 1 is 1.02 bits per heavy atom. The van der Waals surface area contributed by atoms with E-state index in [1.165, 1.54) is 4.90 Å². The van der Waals surface area contributed by atoms with Gasteiger partial charge < -0.3 is 24.2 Å². The highest BCUT2D eigenvalue weighted by Gasteiger charge is 2.35. The van der Waals surface area contributed by atoms with Gasteiger partial charge in [-0.1, -0.05) is 17.7 Å². The van der Waals surface area contributed by atoms with Crippen molar-refractivity contribution in [1.29, 1.82) is 0 Å². The van der Waals surface area contributed by atoms with E-state index in [1.54, 1.807) is 18.3 Å². The van der Waals surface area contributed by atoms with E-state index in [1.807, 2.05) is 63.2 Å². The summed E-state index contributed by atoms with van der Waals surface area (Å²) >= 11 is 6.34. The minimum atomic E-state index is -1.11. The average molecular weight is 717 g/mol. The van der Waals surface area contributed by atoms with Gasteiger partial charge in [-0.05, 0) is 123 Å². The van der Waals surface area contributed by atoms with Gasteiger partial charge in [-0.15, -0.1) is 11.3 Å². The molecule has 1 fully saturated rings. The molecule has 0 aliphatic heterocycles. The summed E-state index contributed by atoms with van der Waals surface area (Å²) in [6, 6.07) is 14.9. The lowest BCUT2D eigenvalue weighted by atomic mass is 9.84. The molecular formula is C36H39ClF2N2O5S2. The van der Waals surface area contributed by atoms with Crippen molar-refractivity contribution in [3.63, 3.8) is 0 Å². The zero-order valence-corrected chi connectivity index (χ0v) is 29.9. The van der Waals surface area contributed by atoms with Crippen LogP contribution in [0.25, 0.3) is 21.2 Å². The Morgan fingerprint density at radius 3 is 2.21 bits per heavy atom. The summed E-state index contributed by atoms with van der Waals surface area (Å²) in [4.78, 5) is 30.4. The van der Waals surface area contributed by atoms with Gasteiger partial charge in [-0.25, -0.2) is 13.6 Å². The Kier molecular flexibility index (Phi) is 10.9. The first kappa shape index (κ1) is 35.9. The third kappa shape index (κ3) is 7.59. The predicted molar refractivity (Wildman–Crippen MR) is 188 cm³/mol. The van der Waals surface area contributed by atoms with Crippen molar-refractivity contribution in [1.82, 2.24) is 9.80 Å². The fraction of sp³-hybridized carbons (Fsp3) is 0.389. The number of ether oxygens (including phenoxy) is 1. The summed E-state index contributed by atoms with van der Waals surface area (Å²) in [6.45, 7) is 6.14. The average Bonchev–Trinajstić information content (AvgIpc) is 3.41. The maximum absolute atomic E-state index is 14.8. The number of carbonyl (C=O) groups excluding carboxylic acids is 1. The Bertz CT molecular complexity index is 1800. The molecule has 1 aliphatic carbocycles. The van der Waals surface area contributed by atoms with Crippen molar-refractivity contribution in [2.75, 3.05) is 19.9 Å². The van der Waals surface area contributed by atoms with E-state index in [0.717, 1.165) is 40.2 Å². The second-order valence-electron chi connectivity index (χ2n) is 13.2. The maximum atomic E-state index is 14.8. The minimum Gasteiger partial charge on any atom is -0.612 e. The number of halogens is 3. The van der Waals surface area contributed by atoms with E-state index >= 15 is 0 Å². The van der Waals surface area contributed by atoms with E-state index in [4.69, 9.17) is 16.3 Å². The highest BCUT2D eigenvalue weighted by molar-refractivity contribution is 7.90. The summed E-state index contributed by atoms with van der Waals surface area (Å²) < 4.78 is 47.2. The van der Waals surface area contributed by atoms with Crippen LogP contribution in [0.15, 0.2) is 59.5 Å². The molecule has 1 saturated carbocycles. The first-order chi connectivity index (χ1) is 22.7. The topological polar surface area (TPSA) is 93.1 Å². The SMILES string of the molecule is COc1ccc(-c2ccc([S+](C)[O-])cc2)cc1CN(C(=O)c1sc2c(F)ccc(F)c2c1Cl)C1CCC(CN(C(=O)O)C(C)(C)C)CC1. The second kappa shape index (κ2) is 14.6. The Labute approximate surface area is 291 Å². The number of hydrogen-bond donors (Lipinski definition) is 1. The molecule has 1 atom stereocenters. The van der Waals surface area contributed by atoms with Gasteiger partial charge in [0.2, 0.25) is 0 Å². The Balaban J connectivity index is 1.50. The molecule has 1 N–H and O–H groups in total. The quantitative estimate of drug-likeness (QED) is 0.174. The lowest BCUT2D eigenvalue weighted by Crippen LogP contribution is -2.48. The van der Waals surface area contributed by atoms with Crippen LogP contribution in [-0.4, -0.2) is 63.0 Å². The summed E-state index contributed by atoms with van der Waals surface area (Å²) in [5.41, 5.74) is 1.94. The maximum Gasteiger partial charge on any atom is 0.407 e. The molecule has 0 spiro atoms. The second-order valence-corrected chi connectivity index (χ2v) is 15.9. The zero-order valence-electron chi connectivity index (χ0n) is 27.5. The van der Waals surface area contributed by atoms with Crippen LogP contribution in [0, 0.1) is 17.6 Å². The van der Waals surface area contributed by atoms with E-state index < -0.39 is 40.3 Å². The molecule has 0 saturated heterocycles. The van der Waals surface area contributed by atoms with Crippen molar-refractivity contribution < 1.29 is 32.8 Å². The number of nitrogens with zero attached hydrogens (tertiary/aromatic N) is 2. The number of amides is 2. The molecule has 2 amide bonds. The molecule has 1 aromatic heterocycles. The van der Waals surface area contributed by atoms with Gasteiger partial charge in [0.1, 0.15) is 28.5 Å². The monoisotopic (exact) mass is 716 g/mol. The number of carboxylic acid groups (broad SMARTS) is 1. The van der Waals surface area contributed by atoms with Crippen LogP contribution in [0.4, 0.5) is 13.6 Å². The molecule has 7 nitrogen and oxygen atoms in total. The Hall–Kier alpha value is -3.38. The van der Waals surface area contributed by atoms with Crippen molar-refractivity contribution in [3.05, 3.63) is 81.7 Å². The summed E-state index contributed by atoms with van der Waals surface area (Å²) in [5.74, 6) is -1.11. The van der Waals surface area contributed by atoms with Gasteiger partial charge in [-0.2, -0.15) is 0 Å². The van der Waals surface area contributed by atoms with Crippen LogP contribution in [0.2, 0.25) is 5.02 Å². The van der Waals surface area contributed by atoms with E-state index in [2.05, 4.69) is 0 Å². The van der Waals surface area contributed by atoms with Crippen LogP contribution in [0.3, 0.4) is 0 Å². The Morgan fingerprint density at radius 2 is 1.65 bits per heavy atom. The van der Waals surface area contributed by atoms with Crippen molar-refractivity contribution in [2.24, 2.45) is 5.92 Å². The molecular weight excluding hydrogens is 678 g/mol. The number of rotatable bonds is 9. The van der Waals surface area contributed by atoms with Crippen molar-refractivity contribution in [3.8, 4) is 16.9 Å². The van der Waals surface area contributed by atoms with Crippen LogP contribution < -0.4 is 4.74 Å². The number of hydrogen-bond acceptors (Lipinski definition) is 5. The standard InChI is InChI=1S/C36H39ClF2N2O5S2/c1-36(2,3)41(35(43)44)19-21-6-11-25(12-7-21)40(34(42)33-31(37)30-27(38)15-16-28(39)32(30)47-33)20-24-18-23(10-17-29(24)46-4)22-8-13-26(14-9-22)48(5)45/h8-10,13-18,21,25H,6-7,11-12,19-20H2,1-5H3,(H,43,44). The van der Waals surface area contributed by atoms with Gasteiger partial charge in [0, 0.05) is 30.2 Å². The van der Waals surface area contributed by atoms with Crippen molar-refractivity contribution in [2.45, 2.75) is 69.5 Å². The molecule has 0 radical (unpaired) electrons. The van der Waals surface area contributed by atoms with E-state index in [0.29, 0.717) is 42.9 Å². The molecule has 5 rings (SSSR count). The van der Waals surface area contributed by atoms with Crippen LogP contribution in [0.1, 0.15) is 61.7 Å². The highest BCUT2D eigenvalue weighted by Crippen LogP contribution is 2.41. The van der Waals surface area contributed by atoms with E-state index in [-0.39, 0.29) is 38.5 Å². The minimum absolute atomic E-state index is 0.0148. The molecule has 1 heterocycles. The number of benzene rings is 3. The summed E-state index contributed by atoms with van der Waals surface area (Å²) in [6.07, 6.45) is 3.26. The molecule has 48 heavy (non-hydrogen) atoms. The summed E-state index contributed by atoms with van der Waals surface area (Å²) in [5, 5.41) is 9.61. The van der Waals surface area contributed by atoms with E-state index in [9.17, 15) is 28.0 Å². The number of methoxy groups -OCH3 is 1. The molecule has 3 aromatic carbocycles. The first-order valence-corrected chi connectivity index (χ1v) is 18.4. The molecule has 0 bridgehead atoms. The zero-order chi connectivity index (χ0) is 34.9. The smallest absolute Gasteiger partial charge is 0.407 e. The van der Waals surface area contributed by atoms with Gasteiger partial charge in [0.05, 0.1) is 22.2 Å². The molecule has 256 valence electrons. The first-order valence-electron chi connectivity index (χ1n) is 15.7. The number of fused-ring (bicyclic) bond motifs is 1. The van der Waals surface area contributed by atoms with Gasteiger partial charge in [0.25, 0.3) is 5.91 Å². The van der Waals surface area contributed by atoms with Crippen LogP contribution in [0.5, 0.6) is 5.75 Å². The van der Waals surface area contributed by atoms with Crippen LogP contribution in [-0.2, 0) is 17.7 Å². The van der Waals surface area contributed by atoms with Gasteiger partial charge in [0.15, 0.2) is 4.90 Å². The fourth-order valence-electron chi connectivity index (χ4n) is 6.37. The lowest BCUT2D eigenvalue weighted by molar-refractivity contribution is 0.0535. The third-order valence-corrected chi connectivity index (χ3v) is 11.6. The lowest BCUT2D eigenvalue weighted by Gasteiger charge is -2.40. The number of thiophene rings is 1. The predicted octanol–water partition coefficient (Wildman–Crippen LogP) is 9.23. The largest absolute Gasteiger partial charge is 0.612 e. The normalized spacial score (nSPS) is 17.3. The molecule has 12 heteroatoms. The fourth-order valence-corrected chi connectivity index (χ4v) is 8.40. The van der Waals surface area contributed by atoms with Crippen LogP contribution >= 0.6 is 22.9 Å². The summed E-state index contributed by atoms with van der Waals surface area (Å²) in [7, 11) is 1.55. The van der Waals surface area contributed by atoms with Gasteiger partial charge >= 0.3 is 6.09 Å². The third-order valence-electron chi connectivity index (χ3n) is 9.02. The highest BCUT2D eigenvalue weighted by atomic mass is 35.5. The van der Waals surface area contributed by atoms with Gasteiger partial charge in [-0.3, -0.25) is 4.79 Å².